The van der Waals surface area contributed by atoms with Crippen molar-refractivity contribution in [1.29, 1.82) is 0 Å². The second kappa shape index (κ2) is 9.45. The van der Waals surface area contributed by atoms with Crippen LogP contribution in [0.1, 0.15) is 17.5 Å². The highest BCUT2D eigenvalue weighted by atomic mass is 32.2. The largest absolute Gasteiger partial charge is 0.351 e. The summed E-state index contributed by atoms with van der Waals surface area (Å²) in [5, 5.41) is 2.57. The van der Waals surface area contributed by atoms with E-state index >= 15 is 0 Å². The molecule has 0 fully saturated rings. The van der Waals surface area contributed by atoms with Crippen molar-refractivity contribution in [3.8, 4) is 0 Å². The van der Waals surface area contributed by atoms with Crippen LogP contribution in [-0.2, 0) is 27.8 Å². The van der Waals surface area contributed by atoms with Gasteiger partial charge in [0, 0.05) is 18.7 Å². The van der Waals surface area contributed by atoms with E-state index in [9.17, 15) is 17.6 Å². The van der Waals surface area contributed by atoms with Crippen LogP contribution in [0.4, 0.5) is 4.39 Å². The lowest BCUT2D eigenvalue weighted by Gasteiger charge is -2.19. The molecule has 2 rings (SSSR count). The summed E-state index contributed by atoms with van der Waals surface area (Å²) in [6.07, 6.45) is 2.42. The number of carbonyl (C=O) groups is 1. The monoisotopic (exact) mass is 378 g/mol. The van der Waals surface area contributed by atoms with Crippen LogP contribution >= 0.6 is 0 Å². The van der Waals surface area contributed by atoms with Crippen LogP contribution in [0.2, 0.25) is 0 Å². The predicted octanol–water partition coefficient (Wildman–Crippen LogP) is 2.34. The molecule has 7 heteroatoms. The summed E-state index contributed by atoms with van der Waals surface area (Å²) in [4.78, 5) is 12.1. The van der Waals surface area contributed by atoms with Gasteiger partial charge in [0.1, 0.15) is 5.82 Å². The van der Waals surface area contributed by atoms with Crippen molar-refractivity contribution >= 4 is 15.9 Å². The molecule has 0 saturated carbocycles. The maximum Gasteiger partial charge on any atom is 0.235 e. The Morgan fingerprint density at radius 3 is 2.38 bits per heavy atom. The van der Waals surface area contributed by atoms with Crippen LogP contribution in [0.15, 0.2) is 54.6 Å². The number of nitrogens with zero attached hydrogens (tertiary/aromatic N) is 1. The van der Waals surface area contributed by atoms with Gasteiger partial charge in [0.15, 0.2) is 0 Å². The first-order valence-corrected chi connectivity index (χ1v) is 10.2. The van der Waals surface area contributed by atoms with E-state index in [4.69, 9.17) is 0 Å². The van der Waals surface area contributed by atoms with Crippen LogP contribution in [0, 0.1) is 5.82 Å². The van der Waals surface area contributed by atoms with E-state index in [1.807, 2.05) is 30.3 Å². The Morgan fingerprint density at radius 2 is 1.73 bits per heavy atom. The van der Waals surface area contributed by atoms with E-state index in [1.54, 1.807) is 18.2 Å². The minimum Gasteiger partial charge on any atom is -0.351 e. The minimum atomic E-state index is -3.51. The minimum absolute atomic E-state index is 0.0210. The summed E-state index contributed by atoms with van der Waals surface area (Å²) in [6.45, 7) is -0.00392. The fourth-order valence-corrected chi connectivity index (χ4v) is 3.33. The van der Waals surface area contributed by atoms with Crippen molar-refractivity contribution in [3.05, 3.63) is 71.5 Å². The molecule has 1 N–H and O–H groups in total. The van der Waals surface area contributed by atoms with E-state index in [-0.39, 0.29) is 19.6 Å². The molecule has 2 aromatic rings. The summed E-state index contributed by atoms with van der Waals surface area (Å²) in [5.41, 5.74) is 1.47. The molecule has 5 nitrogen and oxygen atoms in total. The van der Waals surface area contributed by atoms with Gasteiger partial charge in [-0.1, -0.05) is 48.5 Å². The maximum absolute atomic E-state index is 13.6. The molecule has 0 bridgehead atoms. The number of nitrogens with one attached hydrogen (secondary N) is 1. The summed E-state index contributed by atoms with van der Waals surface area (Å²) < 4.78 is 38.6. The average Bonchev–Trinajstić information content (AvgIpc) is 2.60. The first-order chi connectivity index (χ1) is 12.4. The molecule has 26 heavy (non-hydrogen) atoms. The molecule has 0 aliphatic heterocycles. The molecular weight excluding hydrogens is 355 g/mol. The van der Waals surface area contributed by atoms with Crippen molar-refractivity contribution < 1.29 is 17.6 Å². The van der Waals surface area contributed by atoms with E-state index in [0.717, 1.165) is 22.5 Å². The number of benzene rings is 2. The number of rotatable bonds is 9. The van der Waals surface area contributed by atoms with Gasteiger partial charge in [-0.05, 0) is 24.5 Å². The second-order valence-corrected chi connectivity index (χ2v) is 8.04. The molecule has 0 aliphatic rings. The molecule has 0 atom stereocenters. The van der Waals surface area contributed by atoms with Gasteiger partial charge in [-0.3, -0.25) is 4.79 Å². The number of halogens is 1. The van der Waals surface area contributed by atoms with E-state index in [1.165, 1.54) is 6.07 Å². The SMILES string of the molecule is CS(=O)(=O)N(CCCc1ccccc1)CC(=O)NCc1ccccc1F. The first-order valence-electron chi connectivity index (χ1n) is 8.35. The zero-order chi connectivity index (χ0) is 19.0. The second-order valence-electron chi connectivity index (χ2n) is 6.05. The lowest BCUT2D eigenvalue weighted by atomic mass is 10.1. The maximum atomic E-state index is 13.6. The third-order valence-electron chi connectivity index (χ3n) is 3.94. The first kappa shape index (κ1) is 20.1. The van der Waals surface area contributed by atoms with Gasteiger partial charge < -0.3 is 5.32 Å². The van der Waals surface area contributed by atoms with Gasteiger partial charge in [-0.2, -0.15) is 4.31 Å². The van der Waals surface area contributed by atoms with Gasteiger partial charge in [-0.25, -0.2) is 12.8 Å². The zero-order valence-electron chi connectivity index (χ0n) is 14.7. The molecule has 0 spiro atoms. The Balaban J connectivity index is 1.86. The Kier molecular flexibility index (Phi) is 7.29. The van der Waals surface area contributed by atoms with Crippen LogP contribution in [0.5, 0.6) is 0 Å². The fraction of sp³-hybridized carbons (Fsp3) is 0.316. The quantitative estimate of drug-likeness (QED) is 0.728. The molecular formula is C19H23FN2O3S. The normalized spacial score (nSPS) is 11.5. The Labute approximate surface area is 153 Å². The van der Waals surface area contributed by atoms with Gasteiger partial charge in [0.2, 0.25) is 15.9 Å². The number of carbonyl (C=O) groups excluding carboxylic acids is 1. The van der Waals surface area contributed by atoms with Gasteiger partial charge in [-0.15, -0.1) is 0 Å². The third-order valence-corrected chi connectivity index (χ3v) is 5.19. The molecule has 140 valence electrons. The van der Waals surface area contributed by atoms with Crippen molar-refractivity contribution in [2.45, 2.75) is 19.4 Å². The molecule has 2 aromatic carbocycles. The zero-order valence-corrected chi connectivity index (χ0v) is 15.5. The Bertz CT molecular complexity index is 826. The van der Waals surface area contributed by atoms with Crippen molar-refractivity contribution in [1.82, 2.24) is 9.62 Å². The number of hydrogen-bond donors (Lipinski definition) is 1. The number of hydrogen-bond acceptors (Lipinski definition) is 3. The van der Waals surface area contributed by atoms with Crippen LogP contribution in [0.25, 0.3) is 0 Å². The van der Waals surface area contributed by atoms with Crippen molar-refractivity contribution in [2.75, 3.05) is 19.3 Å². The number of aryl methyl sites for hydroxylation is 1. The smallest absolute Gasteiger partial charge is 0.235 e. The average molecular weight is 378 g/mol. The third kappa shape index (κ3) is 6.57. The Hall–Kier alpha value is -2.25. The lowest BCUT2D eigenvalue weighted by molar-refractivity contribution is -0.121. The van der Waals surface area contributed by atoms with Gasteiger partial charge in [0.05, 0.1) is 12.8 Å². The highest BCUT2D eigenvalue weighted by molar-refractivity contribution is 7.88. The number of sulfonamides is 1. The fourth-order valence-electron chi connectivity index (χ4n) is 2.52. The van der Waals surface area contributed by atoms with E-state index in [0.29, 0.717) is 12.0 Å². The van der Waals surface area contributed by atoms with Crippen LogP contribution in [0.3, 0.4) is 0 Å². The van der Waals surface area contributed by atoms with Crippen LogP contribution in [-0.4, -0.2) is 38.0 Å². The molecule has 0 aromatic heterocycles. The van der Waals surface area contributed by atoms with E-state index in [2.05, 4.69) is 5.32 Å². The molecule has 0 saturated heterocycles. The molecule has 0 radical (unpaired) electrons. The number of amides is 1. The summed E-state index contributed by atoms with van der Waals surface area (Å²) >= 11 is 0. The van der Waals surface area contributed by atoms with Gasteiger partial charge >= 0.3 is 0 Å². The standard InChI is InChI=1S/C19H23FN2O3S/c1-26(24,25)22(13-7-10-16-8-3-2-4-9-16)15-19(23)21-14-17-11-5-6-12-18(17)20/h2-6,8-9,11-12H,7,10,13-15H2,1H3,(H,21,23). The van der Waals surface area contributed by atoms with Gasteiger partial charge in [0.25, 0.3) is 0 Å². The highest BCUT2D eigenvalue weighted by Gasteiger charge is 2.19. The summed E-state index contributed by atoms with van der Waals surface area (Å²) in [6, 6.07) is 15.9. The van der Waals surface area contributed by atoms with E-state index < -0.39 is 21.7 Å². The molecule has 0 heterocycles. The summed E-state index contributed by atoms with van der Waals surface area (Å²) in [7, 11) is -3.51. The molecule has 0 aliphatic carbocycles. The topological polar surface area (TPSA) is 66.5 Å². The highest BCUT2D eigenvalue weighted by Crippen LogP contribution is 2.07. The van der Waals surface area contributed by atoms with Crippen molar-refractivity contribution in [2.24, 2.45) is 0 Å². The summed E-state index contributed by atoms with van der Waals surface area (Å²) in [5.74, 6) is -0.867. The molecule has 1 amide bonds. The van der Waals surface area contributed by atoms with Crippen LogP contribution < -0.4 is 5.32 Å². The molecule has 0 unspecified atom stereocenters. The lowest BCUT2D eigenvalue weighted by Crippen LogP contribution is -2.40. The van der Waals surface area contributed by atoms with Crippen molar-refractivity contribution in [3.63, 3.8) is 0 Å². The Morgan fingerprint density at radius 1 is 1.08 bits per heavy atom. The predicted molar refractivity (Wildman–Crippen MR) is 99.4 cm³/mol.